The molecule has 0 spiro atoms. The van der Waals surface area contributed by atoms with Gasteiger partial charge in [0.25, 0.3) is 11.5 Å². The molecule has 7 heteroatoms. The fourth-order valence-electron chi connectivity index (χ4n) is 2.33. The molecule has 0 saturated heterocycles. The van der Waals surface area contributed by atoms with Crippen molar-refractivity contribution in [2.75, 3.05) is 6.54 Å². The first kappa shape index (κ1) is 17.7. The highest BCUT2D eigenvalue weighted by Crippen LogP contribution is 2.06. The van der Waals surface area contributed by atoms with Gasteiger partial charge in [-0.25, -0.2) is 4.79 Å². The lowest BCUT2D eigenvalue weighted by molar-refractivity contribution is 0.0943. The van der Waals surface area contributed by atoms with Gasteiger partial charge in [-0.1, -0.05) is 26.0 Å². The molecule has 0 unspecified atom stereocenters. The van der Waals surface area contributed by atoms with Crippen LogP contribution in [0.3, 0.4) is 0 Å². The molecule has 1 heterocycles. The second-order valence-corrected chi connectivity index (χ2v) is 5.59. The van der Waals surface area contributed by atoms with Crippen molar-refractivity contribution in [2.24, 2.45) is 0 Å². The normalized spacial score (nSPS) is 10.6. The van der Waals surface area contributed by atoms with Gasteiger partial charge in [0.15, 0.2) is 0 Å². The number of nitrogens with zero attached hydrogens (tertiary/aromatic N) is 3. The minimum absolute atomic E-state index is 0.236. The summed E-state index contributed by atoms with van der Waals surface area (Å²) in [7, 11) is 0. The van der Waals surface area contributed by atoms with Gasteiger partial charge in [-0.05, 0) is 37.5 Å². The quantitative estimate of drug-likeness (QED) is 0.864. The SMILES string of the molecule is CCCNC(=O)c1nn(-c2cccc(C)c2)c(=O)n(CCC)c1=O. The van der Waals surface area contributed by atoms with Crippen molar-refractivity contribution >= 4 is 5.91 Å². The Morgan fingerprint density at radius 2 is 1.96 bits per heavy atom. The number of amides is 1. The van der Waals surface area contributed by atoms with Crippen molar-refractivity contribution in [1.29, 1.82) is 0 Å². The van der Waals surface area contributed by atoms with Gasteiger partial charge < -0.3 is 5.32 Å². The topological polar surface area (TPSA) is 86.0 Å². The summed E-state index contributed by atoms with van der Waals surface area (Å²) < 4.78 is 2.18. The van der Waals surface area contributed by atoms with Crippen molar-refractivity contribution in [1.82, 2.24) is 19.7 Å². The summed E-state index contributed by atoms with van der Waals surface area (Å²) in [5.74, 6) is -0.562. The van der Waals surface area contributed by atoms with Crippen LogP contribution in [-0.2, 0) is 6.54 Å². The van der Waals surface area contributed by atoms with Crippen molar-refractivity contribution in [3.05, 3.63) is 56.4 Å². The minimum Gasteiger partial charge on any atom is -0.350 e. The predicted molar refractivity (Wildman–Crippen MR) is 91.7 cm³/mol. The molecule has 0 aliphatic rings. The predicted octanol–water partition coefficient (Wildman–Crippen LogP) is 1.25. The van der Waals surface area contributed by atoms with Crippen LogP contribution in [0.5, 0.6) is 0 Å². The molecular formula is C17H22N4O3. The fraction of sp³-hybridized carbons (Fsp3) is 0.412. The number of aromatic nitrogens is 3. The average molecular weight is 330 g/mol. The molecule has 0 aliphatic heterocycles. The zero-order valence-electron chi connectivity index (χ0n) is 14.2. The van der Waals surface area contributed by atoms with E-state index in [1.165, 1.54) is 0 Å². The number of aryl methyl sites for hydroxylation is 1. The Labute approximate surface area is 139 Å². The van der Waals surface area contributed by atoms with Crippen LogP contribution in [-0.4, -0.2) is 26.8 Å². The van der Waals surface area contributed by atoms with Gasteiger partial charge in [-0.3, -0.25) is 14.2 Å². The molecule has 1 aromatic heterocycles. The van der Waals surface area contributed by atoms with Crippen LogP contribution in [0.15, 0.2) is 33.9 Å². The molecule has 0 bridgehead atoms. The summed E-state index contributed by atoms with van der Waals surface area (Å²) in [6.45, 7) is 6.35. The lowest BCUT2D eigenvalue weighted by Gasteiger charge is -2.11. The summed E-state index contributed by atoms with van der Waals surface area (Å²) in [5.41, 5.74) is 0.0117. The zero-order chi connectivity index (χ0) is 17.7. The Morgan fingerprint density at radius 1 is 1.21 bits per heavy atom. The largest absolute Gasteiger partial charge is 0.352 e. The van der Waals surface area contributed by atoms with Crippen molar-refractivity contribution in [3.63, 3.8) is 0 Å². The number of hydrogen-bond acceptors (Lipinski definition) is 4. The molecule has 128 valence electrons. The number of carbonyl (C=O) groups is 1. The molecule has 0 aliphatic carbocycles. The summed E-state index contributed by atoms with van der Waals surface area (Å²) in [5, 5.41) is 6.68. The highest BCUT2D eigenvalue weighted by atomic mass is 16.2. The smallest absolute Gasteiger partial charge is 0.350 e. The molecule has 1 aromatic carbocycles. The molecule has 24 heavy (non-hydrogen) atoms. The highest BCUT2D eigenvalue weighted by molar-refractivity contribution is 5.91. The van der Waals surface area contributed by atoms with E-state index < -0.39 is 17.2 Å². The fourth-order valence-corrected chi connectivity index (χ4v) is 2.33. The Morgan fingerprint density at radius 3 is 2.58 bits per heavy atom. The Balaban J connectivity index is 2.67. The molecule has 0 atom stereocenters. The second-order valence-electron chi connectivity index (χ2n) is 5.59. The summed E-state index contributed by atoms with van der Waals surface area (Å²) in [6.07, 6.45) is 1.34. The van der Waals surface area contributed by atoms with Gasteiger partial charge in [0.05, 0.1) is 5.69 Å². The Bertz CT molecular complexity index is 852. The van der Waals surface area contributed by atoms with Gasteiger partial charge in [-0.2, -0.15) is 9.78 Å². The molecule has 0 fully saturated rings. The number of carbonyl (C=O) groups excluding carboxylic acids is 1. The molecule has 2 rings (SSSR count). The third kappa shape index (κ3) is 3.61. The van der Waals surface area contributed by atoms with Gasteiger partial charge in [0, 0.05) is 13.1 Å². The van der Waals surface area contributed by atoms with E-state index in [1.807, 2.05) is 26.8 Å². The van der Waals surface area contributed by atoms with Crippen molar-refractivity contribution in [3.8, 4) is 5.69 Å². The van der Waals surface area contributed by atoms with Crippen LogP contribution in [0.25, 0.3) is 5.69 Å². The molecule has 1 amide bonds. The maximum absolute atomic E-state index is 12.6. The minimum atomic E-state index is -0.653. The van der Waals surface area contributed by atoms with Crippen LogP contribution in [0.2, 0.25) is 0 Å². The lowest BCUT2D eigenvalue weighted by Crippen LogP contribution is -2.46. The maximum Gasteiger partial charge on any atom is 0.352 e. The lowest BCUT2D eigenvalue weighted by atomic mass is 10.2. The van der Waals surface area contributed by atoms with Crippen molar-refractivity contribution in [2.45, 2.75) is 40.2 Å². The number of hydrogen-bond donors (Lipinski definition) is 1. The van der Waals surface area contributed by atoms with E-state index in [0.29, 0.717) is 18.7 Å². The van der Waals surface area contributed by atoms with E-state index in [0.717, 1.165) is 21.2 Å². The van der Waals surface area contributed by atoms with Crippen LogP contribution < -0.4 is 16.6 Å². The van der Waals surface area contributed by atoms with Gasteiger partial charge in [-0.15, -0.1) is 0 Å². The monoisotopic (exact) mass is 330 g/mol. The maximum atomic E-state index is 12.6. The summed E-state index contributed by atoms with van der Waals surface area (Å²) in [4.78, 5) is 37.3. The zero-order valence-corrected chi connectivity index (χ0v) is 14.2. The molecule has 0 saturated carbocycles. The van der Waals surface area contributed by atoms with Crippen LogP contribution >= 0.6 is 0 Å². The molecule has 2 aromatic rings. The first-order valence-corrected chi connectivity index (χ1v) is 8.09. The standard InChI is InChI=1S/C17H22N4O3/c1-4-9-18-15(22)14-16(23)20(10-5-2)17(24)21(19-14)13-8-6-7-12(3)11-13/h6-8,11H,4-5,9-10H2,1-3H3,(H,18,22). The van der Waals surface area contributed by atoms with E-state index in [2.05, 4.69) is 10.4 Å². The third-order valence-electron chi connectivity index (χ3n) is 3.50. The molecule has 7 nitrogen and oxygen atoms in total. The summed E-state index contributed by atoms with van der Waals surface area (Å²) >= 11 is 0. The van der Waals surface area contributed by atoms with E-state index in [-0.39, 0.29) is 12.2 Å². The highest BCUT2D eigenvalue weighted by Gasteiger charge is 2.19. The van der Waals surface area contributed by atoms with Crippen molar-refractivity contribution < 1.29 is 4.79 Å². The summed E-state index contributed by atoms with van der Waals surface area (Å²) in [6, 6.07) is 7.19. The Hall–Kier alpha value is -2.70. The van der Waals surface area contributed by atoms with E-state index in [4.69, 9.17) is 0 Å². The van der Waals surface area contributed by atoms with E-state index in [1.54, 1.807) is 18.2 Å². The first-order valence-electron chi connectivity index (χ1n) is 8.09. The van der Waals surface area contributed by atoms with E-state index in [9.17, 15) is 14.4 Å². The molecule has 0 radical (unpaired) electrons. The third-order valence-corrected chi connectivity index (χ3v) is 3.50. The first-order chi connectivity index (χ1) is 11.5. The van der Waals surface area contributed by atoms with Crippen LogP contribution in [0.1, 0.15) is 42.7 Å². The molecule has 1 N–H and O–H groups in total. The molecular weight excluding hydrogens is 308 g/mol. The van der Waals surface area contributed by atoms with Gasteiger partial charge in [0.2, 0.25) is 5.69 Å². The van der Waals surface area contributed by atoms with Crippen LogP contribution in [0.4, 0.5) is 0 Å². The van der Waals surface area contributed by atoms with Gasteiger partial charge in [0.1, 0.15) is 0 Å². The average Bonchev–Trinajstić information content (AvgIpc) is 2.56. The number of nitrogens with one attached hydrogen (secondary N) is 1. The second kappa shape index (κ2) is 7.72. The van der Waals surface area contributed by atoms with Gasteiger partial charge >= 0.3 is 5.69 Å². The number of benzene rings is 1. The van der Waals surface area contributed by atoms with Crippen LogP contribution in [0, 0.1) is 6.92 Å². The number of rotatable bonds is 6. The Kier molecular flexibility index (Phi) is 5.68. The van der Waals surface area contributed by atoms with E-state index >= 15 is 0 Å².